The minimum Gasteiger partial charge on any atom is -0.381 e. The Kier molecular flexibility index (Phi) is 4.21. The van der Waals surface area contributed by atoms with Crippen LogP contribution in [0.4, 0.5) is 10.1 Å². The van der Waals surface area contributed by atoms with Crippen LogP contribution in [0.2, 0.25) is 0 Å². The average molecular weight is 291 g/mol. The van der Waals surface area contributed by atoms with Gasteiger partial charge in [-0.05, 0) is 50.8 Å². The van der Waals surface area contributed by atoms with Gasteiger partial charge in [0.2, 0.25) is 0 Å². The first-order valence-corrected chi connectivity index (χ1v) is 8.30. The smallest absolute Gasteiger partial charge is 0.128 e. The predicted molar refractivity (Wildman–Crippen MR) is 84.1 cm³/mol. The van der Waals surface area contributed by atoms with E-state index < -0.39 is 0 Å². The average Bonchev–Trinajstić information content (AvgIpc) is 2.50. The number of benzene rings is 1. The summed E-state index contributed by atoms with van der Waals surface area (Å²) in [6.07, 6.45) is 7.84. The molecule has 21 heavy (non-hydrogen) atoms. The van der Waals surface area contributed by atoms with Gasteiger partial charge in [-0.25, -0.2) is 4.39 Å². The maximum Gasteiger partial charge on any atom is 0.128 e. The summed E-state index contributed by atoms with van der Waals surface area (Å²) in [5, 5.41) is 3.58. The number of hydrogen-bond acceptors (Lipinski definition) is 2. The van der Waals surface area contributed by atoms with Gasteiger partial charge in [0.05, 0.1) is 6.10 Å². The van der Waals surface area contributed by atoms with Crippen LogP contribution in [0, 0.1) is 18.2 Å². The lowest BCUT2D eigenvalue weighted by Gasteiger charge is -2.58. The SMILES string of the molecule is CCOC1CC(Nc2ccc(C)c(F)c2)C12CCCCC2. The fourth-order valence-corrected chi connectivity index (χ4v) is 4.15. The summed E-state index contributed by atoms with van der Waals surface area (Å²) in [4.78, 5) is 0. The van der Waals surface area contributed by atoms with E-state index in [1.165, 1.54) is 32.1 Å². The van der Waals surface area contributed by atoms with E-state index >= 15 is 0 Å². The summed E-state index contributed by atoms with van der Waals surface area (Å²) in [6.45, 7) is 4.67. The van der Waals surface area contributed by atoms with Crippen molar-refractivity contribution in [1.29, 1.82) is 0 Å². The van der Waals surface area contributed by atoms with Gasteiger partial charge in [-0.3, -0.25) is 0 Å². The molecular formula is C18H26FNO. The molecule has 0 aromatic heterocycles. The lowest BCUT2D eigenvalue weighted by Crippen LogP contribution is -2.62. The van der Waals surface area contributed by atoms with Crippen LogP contribution in [0.5, 0.6) is 0 Å². The molecule has 2 saturated carbocycles. The third-order valence-corrected chi connectivity index (χ3v) is 5.45. The molecular weight excluding hydrogens is 265 g/mol. The molecule has 0 aliphatic heterocycles. The van der Waals surface area contributed by atoms with Gasteiger partial charge >= 0.3 is 0 Å². The zero-order valence-corrected chi connectivity index (χ0v) is 13.1. The molecule has 1 aromatic carbocycles. The number of ether oxygens (including phenoxy) is 1. The predicted octanol–water partition coefficient (Wildman–Crippen LogP) is 4.67. The molecule has 0 heterocycles. The normalized spacial score (nSPS) is 27.4. The lowest BCUT2D eigenvalue weighted by atomic mass is 9.55. The Balaban J connectivity index is 1.73. The van der Waals surface area contributed by atoms with Crippen molar-refractivity contribution in [1.82, 2.24) is 0 Å². The van der Waals surface area contributed by atoms with Crippen molar-refractivity contribution in [3.63, 3.8) is 0 Å². The van der Waals surface area contributed by atoms with Crippen LogP contribution in [0.1, 0.15) is 51.0 Å². The number of aryl methyl sites for hydroxylation is 1. The van der Waals surface area contributed by atoms with Crippen molar-refractivity contribution in [2.75, 3.05) is 11.9 Å². The van der Waals surface area contributed by atoms with Gasteiger partial charge in [0, 0.05) is 23.8 Å². The van der Waals surface area contributed by atoms with Crippen molar-refractivity contribution in [2.45, 2.75) is 64.5 Å². The second kappa shape index (κ2) is 5.96. The molecule has 1 N–H and O–H groups in total. The lowest BCUT2D eigenvalue weighted by molar-refractivity contribution is -0.134. The highest BCUT2D eigenvalue weighted by Crippen LogP contribution is 2.54. The number of nitrogens with one attached hydrogen (secondary N) is 1. The van der Waals surface area contributed by atoms with Crippen LogP contribution in [0.3, 0.4) is 0 Å². The van der Waals surface area contributed by atoms with Crippen molar-refractivity contribution >= 4 is 5.69 Å². The van der Waals surface area contributed by atoms with E-state index in [2.05, 4.69) is 12.2 Å². The van der Waals surface area contributed by atoms with Crippen LogP contribution in [0.25, 0.3) is 0 Å². The van der Waals surface area contributed by atoms with Crippen LogP contribution in [-0.4, -0.2) is 18.8 Å². The van der Waals surface area contributed by atoms with E-state index in [-0.39, 0.29) is 11.2 Å². The zero-order chi connectivity index (χ0) is 14.9. The zero-order valence-electron chi connectivity index (χ0n) is 13.1. The third-order valence-electron chi connectivity index (χ3n) is 5.45. The number of rotatable bonds is 4. The van der Waals surface area contributed by atoms with Gasteiger partial charge in [-0.15, -0.1) is 0 Å². The minimum atomic E-state index is -0.127. The summed E-state index contributed by atoms with van der Waals surface area (Å²) in [6, 6.07) is 5.89. The molecule has 3 heteroatoms. The van der Waals surface area contributed by atoms with E-state index in [0.29, 0.717) is 17.7 Å². The van der Waals surface area contributed by atoms with Crippen LogP contribution in [-0.2, 0) is 4.74 Å². The summed E-state index contributed by atoms with van der Waals surface area (Å²) >= 11 is 0. The topological polar surface area (TPSA) is 21.3 Å². The number of halogens is 1. The fourth-order valence-electron chi connectivity index (χ4n) is 4.15. The molecule has 0 radical (unpaired) electrons. The molecule has 3 rings (SSSR count). The van der Waals surface area contributed by atoms with Gasteiger partial charge in [0.25, 0.3) is 0 Å². The summed E-state index contributed by atoms with van der Waals surface area (Å²) in [5.74, 6) is -0.127. The Hall–Kier alpha value is -1.09. The highest BCUT2D eigenvalue weighted by Gasteiger charge is 2.55. The molecule has 2 atom stereocenters. The third kappa shape index (κ3) is 2.68. The molecule has 0 amide bonds. The first-order valence-electron chi connectivity index (χ1n) is 8.30. The van der Waals surface area contributed by atoms with E-state index in [9.17, 15) is 4.39 Å². The Morgan fingerprint density at radius 1 is 1.29 bits per heavy atom. The Labute approximate surface area is 127 Å². The number of anilines is 1. The molecule has 2 aliphatic rings. The molecule has 2 unspecified atom stereocenters. The molecule has 2 fully saturated rings. The maximum atomic E-state index is 13.7. The van der Waals surface area contributed by atoms with E-state index in [1.807, 2.05) is 12.1 Å². The molecule has 2 nitrogen and oxygen atoms in total. The van der Waals surface area contributed by atoms with Crippen LogP contribution < -0.4 is 5.32 Å². The fraction of sp³-hybridized carbons (Fsp3) is 0.667. The molecule has 116 valence electrons. The van der Waals surface area contributed by atoms with E-state index in [0.717, 1.165) is 18.7 Å². The van der Waals surface area contributed by atoms with Crippen molar-refractivity contribution in [3.05, 3.63) is 29.6 Å². The minimum absolute atomic E-state index is 0.127. The summed E-state index contributed by atoms with van der Waals surface area (Å²) < 4.78 is 19.7. The van der Waals surface area contributed by atoms with Gasteiger partial charge in [-0.2, -0.15) is 0 Å². The van der Waals surface area contributed by atoms with Crippen molar-refractivity contribution < 1.29 is 9.13 Å². The standard InChI is InChI=1S/C18H26FNO/c1-3-21-17-12-16(18(17)9-5-4-6-10-18)20-14-8-7-13(2)15(19)11-14/h7-8,11,16-17,20H,3-6,9-10,12H2,1-2H3. The second-order valence-electron chi connectivity index (χ2n) is 6.63. The van der Waals surface area contributed by atoms with Crippen molar-refractivity contribution in [2.24, 2.45) is 5.41 Å². The number of hydrogen-bond donors (Lipinski definition) is 1. The van der Waals surface area contributed by atoms with E-state index in [1.54, 1.807) is 13.0 Å². The monoisotopic (exact) mass is 291 g/mol. The van der Waals surface area contributed by atoms with Gasteiger partial charge in [0.1, 0.15) is 5.82 Å². The first kappa shape index (κ1) is 14.8. The van der Waals surface area contributed by atoms with Gasteiger partial charge < -0.3 is 10.1 Å². The Morgan fingerprint density at radius 2 is 2.05 bits per heavy atom. The molecule has 2 aliphatic carbocycles. The maximum absolute atomic E-state index is 13.7. The van der Waals surface area contributed by atoms with E-state index in [4.69, 9.17) is 4.74 Å². The molecule has 0 bridgehead atoms. The quantitative estimate of drug-likeness (QED) is 0.870. The summed E-state index contributed by atoms with van der Waals surface area (Å²) in [5.41, 5.74) is 1.88. The Bertz CT molecular complexity index is 496. The molecule has 0 saturated heterocycles. The highest BCUT2D eigenvalue weighted by atomic mass is 19.1. The first-order chi connectivity index (χ1) is 10.2. The Morgan fingerprint density at radius 3 is 2.71 bits per heavy atom. The van der Waals surface area contributed by atoms with Crippen molar-refractivity contribution in [3.8, 4) is 0 Å². The van der Waals surface area contributed by atoms with Crippen LogP contribution in [0.15, 0.2) is 18.2 Å². The summed E-state index contributed by atoms with van der Waals surface area (Å²) in [7, 11) is 0. The largest absolute Gasteiger partial charge is 0.381 e. The molecule has 1 aromatic rings. The molecule has 1 spiro atoms. The van der Waals surface area contributed by atoms with Gasteiger partial charge in [-0.1, -0.05) is 25.3 Å². The second-order valence-corrected chi connectivity index (χ2v) is 6.63. The highest BCUT2D eigenvalue weighted by molar-refractivity contribution is 5.47. The van der Waals surface area contributed by atoms with Gasteiger partial charge in [0.15, 0.2) is 0 Å². The van der Waals surface area contributed by atoms with Crippen LogP contribution >= 0.6 is 0 Å².